The number of pyridine rings is 1. The fourth-order valence-electron chi connectivity index (χ4n) is 5.73. The fraction of sp³-hybridized carbons (Fsp3) is 0.375. The number of aryl methyl sites for hydroxylation is 2. The first-order chi connectivity index (χ1) is 17.7. The summed E-state index contributed by atoms with van der Waals surface area (Å²) >= 11 is 0. The zero-order chi connectivity index (χ0) is 26.4. The fourth-order valence-corrected chi connectivity index (χ4v) is 5.73. The van der Waals surface area contributed by atoms with Gasteiger partial charge in [-0.25, -0.2) is 4.39 Å². The summed E-state index contributed by atoms with van der Waals surface area (Å²) < 4.78 is 26.3. The molecule has 0 saturated heterocycles. The third kappa shape index (κ3) is 4.56. The standard InChI is InChI=1S/C32H34FNO3/c1-6-31(4,5)27-15-21(8-11-24(27)25-14-20(3)34-18-29(25)33)19-37-23-10-9-22-12-13-32(26(22)16-23)17-28(32)30(35)36-7-2/h6,8-11,14-16,18,28H,1,7,12-13,17,19H2,2-5H3. The topological polar surface area (TPSA) is 48.4 Å². The Morgan fingerprint density at radius 1 is 1.22 bits per heavy atom. The van der Waals surface area contributed by atoms with E-state index >= 15 is 0 Å². The van der Waals surface area contributed by atoms with Gasteiger partial charge < -0.3 is 9.47 Å². The van der Waals surface area contributed by atoms with Crippen LogP contribution in [0.2, 0.25) is 0 Å². The molecule has 0 bridgehead atoms. The number of hydrogen-bond acceptors (Lipinski definition) is 4. The summed E-state index contributed by atoms with van der Waals surface area (Å²) in [4.78, 5) is 16.5. The van der Waals surface area contributed by atoms with Gasteiger partial charge in [-0.05, 0) is 79.1 Å². The number of halogens is 1. The van der Waals surface area contributed by atoms with E-state index in [-0.39, 0.29) is 28.5 Å². The van der Waals surface area contributed by atoms with Crippen molar-refractivity contribution < 1.29 is 18.7 Å². The lowest BCUT2D eigenvalue weighted by molar-refractivity contribution is -0.145. The van der Waals surface area contributed by atoms with Crippen LogP contribution in [0.4, 0.5) is 4.39 Å². The van der Waals surface area contributed by atoms with Gasteiger partial charge in [0.05, 0.1) is 18.7 Å². The Balaban J connectivity index is 1.40. The average Bonchev–Trinajstić information content (AvgIpc) is 3.53. The van der Waals surface area contributed by atoms with E-state index in [2.05, 4.69) is 43.6 Å². The minimum Gasteiger partial charge on any atom is -0.489 e. The molecule has 0 amide bonds. The van der Waals surface area contributed by atoms with Gasteiger partial charge in [0.15, 0.2) is 0 Å². The van der Waals surface area contributed by atoms with Crippen molar-refractivity contribution in [2.45, 2.75) is 64.4 Å². The number of rotatable bonds is 8. The molecule has 4 nitrogen and oxygen atoms in total. The molecule has 1 spiro atoms. The molecular weight excluding hydrogens is 465 g/mol. The van der Waals surface area contributed by atoms with Crippen molar-refractivity contribution in [3.8, 4) is 16.9 Å². The van der Waals surface area contributed by atoms with E-state index in [1.165, 1.54) is 17.3 Å². The highest BCUT2D eigenvalue weighted by molar-refractivity contribution is 5.80. The van der Waals surface area contributed by atoms with E-state index < -0.39 is 0 Å². The number of esters is 1. The number of nitrogens with zero attached hydrogens (tertiary/aromatic N) is 1. The molecular formula is C32H34FNO3. The Morgan fingerprint density at radius 3 is 2.78 bits per heavy atom. The van der Waals surface area contributed by atoms with Gasteiger partial charge in [-0.2, -0.15) is 0 Å². The van der Waals surface area contributed by atoms with Crippen LogP contribution in [0.25, 0.3) is 11.1 Å². The van der Waals surface area contributed by atoms with Crippen molar-refractivity contribution in [1.82, 2.24) is 4.98 Å². The molecule has 1 aromatic heterocycles. The second-order valence-corrected chi connectivity index (χ2v) is 10.9. The number of carbonyl (C=O) groups is 1. The second-order valence-electron chi connectivity index (χ2n) is 10.9. The molecule has 0 aliphatic heterocycles. The van der Waals surface area contributed by atoms with Crippen molar-refractivity contribution in [2.75, 3.05) is 6.61 Å². The maximum Gasteiger partial charge on any atom is 0.309 e. The molecule has 0 N–H and O–H groups in total. The summed E-state index contributed by atoms with van der Waals surface area (Å²) in [7, 11) is 0. The molecule has 3 aromatic rings. The van der Waals surface area contributed by atoms with E-state index in [9.17, 15) is 9.18 Å². The van der Waals surface area contributed by atoms with Crippen molar-refractivity contribution in [3.63, 3.8) is 0 Å². The molecule has 1 saturated carbocycles. The lowest BCUT2D eigenvalue weighted by Gasteiger charge is -2.25. The lowest BCUT2D eigenvalue weighted by Crippen LogP contribution is -2.16. The number of aromatic nitrogens is 1. The minimum atomic E-state index is -0.372. The van der Waals surface area contributed by atoms with Crippen LogP contribution in [-0.2, 0) is 33.4 Å². The SMILES string of the molecule is C=CC(C)(C)c1cc(COc2ccc3c(c2)C2(CC3)CC2C(=O)OCC)ccc1-c1cc(C)ncc1F. The smallest absolute Gasteiger partial charge is 0.309 e. The van der Waals surface area contributed by atoms with Crippen molar-refractivity contribution in [2.24, 2.45) is 5.92 Å². The first kappa shape index (κ1) is 25.2. The van der Waals surface area contributed by atoms with Gasteiger partial charge in [0, 0.05) is 22.1 Å². The van der Waals surface area contributed by atoms with Crippen LogP contribution in [0.1, 0.15) is 61.6 Å². The molecule has 5 rings (SSSR count). The van der Waals surface area contributed by atoms with Crippen LogP contribution in [0.3, 0.4) is 0 Å². The molecule has 1 fully saturated rings. The maximum absolute atomic E-state index is 14.8. The van der Waals surface area contributed by atoms with E-state index in [0.29, 0.717) is 18.8 Å². The Morgan fingerprint density at radius 2 is 2.03 bits per heavy atom. The van der Waals surface area contributed by atoms with Gasteiger partial charge in [0.25, 0.3) is 0 Å². The predicted molar refractivity (Wildman–Crippen MR) is 143 cm³/mol. The van der Waals surface area contributed by atoms with E-state index in [1.54, 1.807) is 6.07 Å². The van der Waals surface area contributed by atoms with Gasteiger partial charge in [0.2, 0.25) is 0 Å². The van der Waals surface area contributed by atoms with Gasteiger partial charge in [-0.15, -0.1) is 6.58 Å². The molecule has 192 valence electrons. The molecule has 37 heavy (non-hydrogen) atoms. The van der Waals surface area contributed by atoms with Gasteiger partial charge >= 0.3 is 5.97 Å². The highest BCUT2D eigenvalue weighted by Gasteiger charge is 2.62. The number of carbonyl (C=O) groups excluding carboxylic acids is 1. The van der Waals surface area contributed by atoms with Crippen molar-refractivity contribution in [3.05, 3.63) is 95.1 Å². The van der Waals surface area contributed by atoms with Gasteiger partial charge in [-0.3, -0.25) is 9.78 Å². The number of allylic oxidation sites excluding steroid dienone is 1. The van der Waals surface area contributed by atoms with Crippen LogP contribution in [0, 0.1) is 18.7 Å². The van der Waals surface area contributed by atoms with E-state index in [1.807, 2.05) is 38.1 Å². The summed E-state index contributed by atoms with van der Waals surface area (Å²) in [5.41, 5.74) is 6.18. The summed E-state index contributed by atoms with van der Waals surface area (Å²) in [6, 6.07) is 14.1. The third-order valence-electron chi connectivity index (χ3n) is 8.08. The highest BCUT2D eigenvalue weighted by atomic mass is 19.1. The molecule has 2 atom stereocenters. The van der Waals surface area contributed by atoms with Gasteiger partial charge in [0.1, 0.15) is 18.2 Å². The van der Waals surface area contributed by atoms with Crippen LogP contribution < -0.4 is 4.74 Å². The van der Waals surface area contributed by atoms with E-state index in [4.69, 9.17) is 9.47 Å². The van der Waals surface area contributed by atoms with Crippen LogP contribution in [-0.4, -0.2) is 17.6 Å². The second kappa shape index (κ2) is 9.44. The Hall–Kier alpha value is -3.47. The summed E-state index contributed by atoms with van der Waals surface area (Å²) in [5.74, 6) is 0.320. The molecule has 0 radical (unpaired) electrons. The Labute approximate surface area is 218 Å². The molecule has 2 unspecified atom stereocenters. The maximum atomic E-state index is 14.8. The highest BCUT2D eigenvalue weighted by Crippen LogP contribution is 2.62. The molecule has 2 aliphatic carbocycles. The zero-order valence-electron chi connectivity index (χ0n) is 22.1. The lowest BCUT2D eigenvalue weighted by atomic mass is 9.79. The summed E-state index contributed by atoms with van der Waals surface area (Å²) in [6.45, 7) is 12.7. The normalized spacial score (nSPS) is 20.0. The monoisotopic (exact) mass is 499 g/mol. The zero-order valence-corrected chi connectivity index (χ0v) is 22.1. The van der Waals surface area contributed by atoms with E-state index in [0.717, 1.165) is 47.4 Å². The Bertz CT molecular complexity index is 1380. The van der Waals surface area contributed by atoms with Crippen LogP contribution in [0.5, 0.6) is 5.75 Å². The van der Waals surface area contributed by atoms with Crippen LogP contribution >= 0.6 is 0 Å². The quantitative estimate of drug-likeness (QED) is 0.247. The number of ether oxygens (including phenoxy) is 2. The van der Waals surface area contributed by atoms with Crippen LogP contribution in [0.15, 0.2) is 61.3 Å². The number of benzene rings is 2. The first-order valence-corrected chi connectivity index (χ1v) is 13.0. The molecule has 5 heteroatoms. The molecule has 2 aliphatic rings. The molecule has 1 heterocycles. The summed E-state index contributed by atoms with van der Waals surface area (Å²) in [6.07, 6.45) is 5.99. The summed E-state index contributed by atoms with van der Waals surface area (Å²) in [5, 5.41) is 0. The Kier molecular flexibility index (Phi) is 6.43. The molecule has 2 aromatic carbocycles. The van der Waals surface area contributed by atoms with Crippen molar-refractivity contribution >= 4 is 5.97 Å². The number of fused-ring (bicyclic) bond motifs is 2. The first-order valence-electron chi connectivity index (χ1n) is 13.0. The predicted octanol–water partition coefficient (Wildman–Crippen LogP) is 7.01. The van der Waals surface area contributed by atoms with Gasteiger partial charge in [-0.1, -0.05) is 44.2 Å². The third-order valence-corrected chi connectivity index (χ3v) is 8.08. The largest absolute Gasteiger partial charge is 0.489 e. The minimum absolute atomic E-state index is 0.0441. The number of hydrogen-bond donors (Lipinski definition) is 0. The average molecular weight is 500 g/mol. The van der Waals surface area contributed by atoms with Crippen molar-refractivity contribution in [1.29, 1.82) is 0 Å².